The van der Waals surface area contributed by atoms with E-state index in [0.717, 1.165) is 27.9 Å². The van der Waals surface area contributed by atoms with Crippen LogP contribution in [-0.4, -0.2) is 58.6 Å². The van der Waals surface area contributed by atoms with E-state index in [1.54, 1.807) is 31.6 Å². The largest absolute Gasteiger partial charge is 0.481 e. The smallest absolute Gasteiger partial charge is 0.412 e. The Morgan fingerprint density at radius 1 is 1.10 bits per heavy atom. The highest BCUT2D eigenvalue weighted by molar-refractivity contribution is 7.21. The molecule has 41 heavy (non-hydrogen) atoms. The summed E-state index contributed by atoms with van der Waals surface area (Å²) in [5, 5.41) is 3.32. The predicted molar refractivity (Wildman–Crippen MR) is 152 cm³/mol. The number of aromatic nitrogens is 4. The molecule has 12 heteroatoms. The van der Waals surface area contributed by atoms with Gasteiger partial charge in [-0.2, -0.15) is 0 Å². The Morgan fingerprint density at radius 3 is 2.73 bits per heavy atom. The maximum Gasteiger partial charge on any atom is 0.412 e. The number of nitrogens with zero attached hydrogens (tertiary/aromatic N) is 4. The fourth-order valence-corrected chi connectivity index (χ4v) is 5.53. The van der Waals surface area contributed by atoms with Crippen molar-refractivity contribution in [3.05, 3.63) is 65.9 Å². The summed E-state index contributed by atoms with van der Waals surface area (Å²) < 4.78 is 38.1. The van der Waals surface area contributed by atoms with Crippen molar-refractivity contribution in [1.82, 2.24) is 19.9 Å². The lowest BCUT2D eigenvalue weighted by Crippen LogP contribution is -2.35. The van der Waals surface area contributed by atoms with Gasteiger partial charge in [-0.3, -0.25) is 10.3 Å². The van der Waals surface area contributed by atoms with E-state index in [1.165, 1.54) is 17.4 Å². The number of rotatable bonds is 7. The molecule has 6 rings (SSSR count). The molecule has 0 aliphatic carbocycles. The molecular formula is C29H26FN5O5S. The molecule has 10 nitrogen and oxygen atoms in total. The van der Waals surface area contributed by atoms with Gasteiger partial charge < -0.3 is 18.9 Å². The highest BCUT2D eigenvalue weighted by Gasteiger charge is 2.34. The lowest BCUT2D eigenvalue weighted by atomic mass is 10.1. The van der Waals surface area contributed by atoms with Crippen molar-refractivity contribution in [2.75, 3.05) is 25.6 Å². The van der Waals surface area contributed by atoms with Gasteiger partial charge in [-0.15, -0.1) is 11.3 Å². The molecule has 0 saturated carbocycles. The van der Waals surface area contributed by atoms with Crippen LogP contribution in [0.25, 0.3) is 31.8 Å². The number of carbonyl (C=O) groups excluding carboxylic acids is 1. The van der Waals surface area contributed by atoms with Gasteiger partial charge >= 0.3 is 6.09 Å². The van der Waals surface area contributed by atoms with E-state index >= 15 is 4.39 Å². The molecule has 1 amide bonds. The van der Waals surface area contributed by atoms with Crippen LogP contribution in [0, 0.1) is 12.7 Å². The number of nitrogens with one attached hydrogen (secondary N) is 1. The number of benzene rings is 2. The summed E-state index contributed by atoms with van der Waals surface area (Å²) in [5.74, 6) is -0.138. The lowest BCUT2D eigenvalue weighted by Gasteiger charge is -2.20. The molecule has 3 aromatic heterocycles. The van der Waals surface area contributed by atoms with Crippen LogP contribution in [0.5, 0.6) is 11.6 Å². The maximum absolute atomic E-state index is 15.2. The van der Waals surface area contributed by atoms with Crippen molar-refractivity contribution in [3.63, 3.8) is 0 Å². The molecular weight excluding hydrogens is 549 g/mol. The first-order valence-electron chi connectivity index (χ1n) is 13.0. The van der Waals surface area contributed by atoms with Crippen molar-refractivity contribution in [3.8, 4) is 22.2 Å². The van der Waals surface area contributed by atoms with Crippen molar-refractivity contribution in [2.45, 2.75) is 32.5 Å². The number of amides is 1. The Morgan fingerprint density at radius 2 is 1.95 bits per heavy atom. The first-order chi connectivity index (χ1) is 19.9. The SMILES string of the molecule is CCc1ccc(NC(=O)O[C@H]2COC[C@H]2Oc2cc3sc(-c4cc(C)cc5nc(OC)cnc45)nc3cc2F)cn1. The Bertz CT molecular complexity index is 1750. The number of anilines is 1. The van der Waals surface area contributed by atoms with Crippen LogP contribution in [0.1, 0.15) is 18.2 Å². The third kappa shape index (κ3) is 5.61. The first kappa shape index (κ1) is 26.8. The zero-order valence-corrected chi connectivity index (χ0v) is 23.3. The Balaban J connectivity index is 1.21. The van der Waals surface area contributed by atoms with Gasteiger partial charge in [0.15, 0.2) is 23.8 Å². The molecule has 0 radical (unpaired) electrons. The van der Waals surface area contributed by atoms with Gasteiger partial charge in [0, 0.05) is 23.4 Å². The second-order valence-corrected chi connectivity index (χ2v) is 10.5. The van der Waals surface area contributed by atoms with Crippen molar-refractivity contribution < 1.29 is 28.1 Å². The summed E-state index contributed by atoms with van der Waals surface area (Å²) in [6.07, 6.45) is 1.83. The van der Waals surface area contributed by atoms with Crippen LogP contribution >= 0.6 is 11.3 Å². The average molecular weight is 576 g/mol. The van der Waals surface area contributed by atoms with Gasteiger partial charge in [0.25, 0.3) is 0 Å². The first-order valence-corrected chi connectivity index (χ1v) is 13.8. The summed E-state index contributed by atoms with van der Waals surface area (Å²) in [6.45, 7) is 4.24. The van der Waals surface area contributed by atoms with Crippen molar-refractivity contribution in [2.24, 2.45) is 0 Å². The molecule has 1 saturated heterocycles. The minimum atomic E-state index is -0.723. The van der Waals surface area contributed by atoms with Crippen LogP contribution in [0.15, 0.2) is 48.8 Å². The number of hydrogen-bond acceptors (Lipinski definition) is 10. The number of methoxy groups -OCH3 is 1. The number of aryl methyl sites for hydroxylation is 2. The Kier molecular flexibility index (Phi) is 7.33. The molecule has 2 aromatic carbocycles. The fourth-order valence-electron chi connectivity index (χ4n) is 4.53. The molecule has 0 bridgehead atoms. The van der Waals surface area contributed by atoms with Crippen molar-refractivity contribution in [1.29, 1.82) is 0 Å². The van der Waals surface area contributed by atoms with E-state index in [-0.39, 0.29) is 19.0 Å². The summed E-state index contributed by atoms with van der Waals surface area (Å²) in [4.78, 5) is 30.4. The van der Waals surface area contributed by atoms with Crippen LogP contribution in [0.2, 0.25) is 0 Å². The number of fused-ring (bicyclic) bond motifs is 2. The van der Waals surface area contributed by atoms with Gasteiger partial charge in [0.05, 0.1) is 59.7 Å². The second kappa shape index (κ2) is 11.2. The number of pyridine rings is 1. The van der Waals surface area contributed by atoms with E-state index in [1.807, 2.05) is 32.0 Å². The summed E-state index contributed by atoms with van der Waals surface area (Å²) in [7, 11) is 1.54. The monoisotopic (exact) mass is 575 g/mol. The van der Waals surface area contributed by atoms with E-state index in [0.29, 0.717) is 33.1 Å². The normalized spacial score (nSPS) is 16.7. The average Bonchev–Trinajstić information content (AvgIpc) is 3.58. The lowest BCUT2D eigenvalue weighted by molar-refractivity contribution is 0.0498. The molecule has 4 heterocycles. The van der Waals surface area contributed by atoms with Crippen LogP contribution in [-0.2, 0) is 15.9 Å². The number of hydrogen-bond donors (Lipinski definition) is 1. The van der Waals surface area contributed by atoms with Crippen molar-refractivity contribution >= 4 is 44.4 Å². The van der Waals surface area contributed by atoms with E-state index in [4.69, 9.17) is 18.9 Å². The summed E-state index contributed by atoms with van der Waals surface area (Å²) in [6, 6.07) is 10.4. The Hall–Kier alpha value is -4.42. The van der Waals surface area contributed by atoms with Gasteiger partial charge in [0.1, 0.15) is 5.01 Å². The molecule has 2 atom stereocenters. The molecule has 0 unspecified atom stereocenters. The molecule has 5 aromatic rings. The number of thiazole rings is 1. The third-order valence-corrected chi connectivity index (χ3v) is 7.65. The molecule has 1 aliphatic rings. The molecule has 210 valence electrons. The van der Waals surface area contributed by atoms with Crippen LogP contribution < -0.4 is 14.8 Å². The Labute approximate surface area is 238 Å². The molecule has 1 aliphatic heterocycles. The predicted octanol–water partition coefficient (Wildman–Crippen LogP) is 5.71. The van der Waals surface area contributed by atoms with E-state index in [9.17, 15) is 4.79 Å². The number of halogens is 1. The van der Waals surface area contributed by atoms with Crippen LogP contribution in [0.4, 0.5) is 14.9 Å². The minimum absolute atomic E-state index is 0.0233. The second-order valence-electron chi connectivity index (χ2n) is 9.52. The molecule has 1 fully saturated rings. The van der Waals surface area contributed by atoms with Gasteiger partial charge in [0.2, 0.25) is 5.88 Å². The fraction of sp³-hybridized carbons (Fsp3) is 0.276. The highest BCUT2D eigenvalue weighted by atomic mass is 32.1. The minimum Gasteiger partial charge on any atom is -0.481 e. The van der Waals surface area contributed by atoms with E-state index in [2.05, 4.69) is 25.3 Å². The summed E-state index contributed by atoms with van der Waals surface area (Å²) in [5.41, 5.74) is 5.04. The van der Waals surface area contributed by atoms with Gasteiger partial charge in [-0.1, -0.05) is 6.92 Å². The number of carbonyl (C=O) groups is 1. The quantitative estimate of drug-likeness (QED) is 0.260. The topological polar surface area (TPSA) is 118 Å². The standard InChI is InChI=1S/C29H26FN5O5S/c1-4-16-5-6-17(11-31-16)33-29(36)40-24-14-38-13-23(24)39-22-10-25-20(9-19(22)30)35-28(41-25)18-7-15(2)8-21-27(18)32-12-26(34-21)37-3/h5-12,23-24H,4,13-14H2,1-3H3,(H,33,36)/t23-,24+/m1/s1. The zero-order chi connectivity index (χ0) is 28.5. The van der Waals surface area contributed by atoms with E-state index < -0.39 is 24.1 Å². The highest BCUT2D eigenvalue weighted by Crippen LogP contribution is 2.37. The molecule has 1 N–H and O–H groups in total. The maximum atomic E-state index is 15.2. The summed E-state index contributed by atoms with van der Waals surface area (Å²) >= 11 is 1.39. The van der Waals surface area contributed by atoms with Gasteiger partial charge in [-0.25, -0.2) is 24.1 Å². The van der Waals surface area contributed by atoms with Crippen LogP contribution in [0.3, 0.4) is 0 Å². The third-order valence-electron chi connectivity index (χ3n) is 6.60. The zero-order valence-electron chi connectivity index (χ0n) is 22.5. The van der Waals surface area contributed by atoms with Gasteiger partial charge in [-0.05, 0) is 43.2 Å². The number of ether oxygens (including phenoxy) is 4. The molecule has 0 spiro atoms.